The minimum atomic E-state index is -1.36. The van der Waals surface area contributed by atoms with Gasteiger partial charge in [-0.15, -0.1) is 4.72 Å². The van der Waals surface area contributed by atoms with Gasteiger partial charge in [0.1, 0.15) is 22.0 Å². The van der Waals surface area contributed by atoms with Gasteiger partial charge in [0.05, 0.1) is 0 Å². The molecule has 162 valence electrons. The molecule has 0 radical (unpaired) electrons. The van der Waals surface area contributed by atoms with Crippen molar-refractivity contribution >= 4 is 17.5 Å². The van der Waals surface area contributed by atoms with Crippen molar-refractivity contribution < 1.29 is 23.2 Å². The van der Waals surface area contributed by atoms with E-state index < -0.39 is 39.2 Å². The first-order valence-electron chi connectivity index (χ1n) is 9.96. The van der Waals surface area contributed by atoms with Crippen molar-refractivity contribution in [2.75, 3.05) is 13.1 Å². The van der Waals surface area contributed by atoms with E-state index in [0.29, 0.717) is 31.5 Å². The number of likely N-dealkylation sites (tertiary alicyclic amines) is 1. The molecule has 6 nitrogen and oxygen atoms in total. The first-order chi connectivity index (χ1) is 13.3. The molecule has 2 atom stereocenters. The fourth-order valence-corrected chi connectivity index (χ4v) is 4.56. The van der Waals surface area contributed by atoms with Gasteiger partial charge in [0, 0.05) is 42.9 Å². The van der Waals surface area contributed by atoms with Gasteiger partial charge < -0.3 is 18.9 Å². The Bertz CT molecular complexity index is 767. The zero-order valence-corrected chi connectivity index (χ0v) is 18.8. The largest absolute Gasteiger partial charge is 0.598 e. The maximum atomic E-state index is 14.5. The quantitative estimate of drug-likeness (QED) is 0.722. The lowest BCUT2D eigenvalue weighted by molar-refractivity contribution is -0.0215. The molecule has 29 heavy (non-hydrogen) atoms. The van der Waals surface area contributed by atoms with E-state index in [-0.39, 0.29) is 11.8 Å². The van der Waals surface area contributed by atoms with Crippen molar-refractivity contribution in [2.45, 2.75) is 76.4 Å². The van der Waals surface area contributed by atoms with Crippen LogP contribution >= 0.6 is 0 Å². The standard InChI is InChI=1S/C21H31FN2O4S/c1-19(2,3)28-18(25)24-12-10-21(11-13-24)17(23-29(26)20(4,5)6)14-8-7-9-15(22)16(14)27-21/h7-9,17,23H,10-13H2,1-6H3/t17-,29?/m1/s1. The predicted octanol–water partition coefficient (Wildman–Crippen LogP) is 4.08. The Kier molecular flexibility index (Phi) is 5.84. The number of nitrogens with one attached hydrogen (secondary N) is 1. The van der Waals surface area contributed by atoms with Crippen LogP contribution in [0.1, 0.15) is 66.0 Å². The second kappa shape index (κ2) is 7.63. The average Bonchev–Trinajstić information content (AvgIpc) is 2.88. The average molecular weight is 427 g/mol. The number of amides is 1. The first kappa shape index (κ1) is 22.2. The van der Waals surface area contributed by atoms with Crippen LogP contribution in [0.4, 0.5) is 9.18 Å². The Labute approximate surface area is 175 Å². The second-order valence-corrected chi connectivity index (χ2v) is 11.7. The minimum absolute atomic E-state index is 0.210. The number of benzene rings is 1. The maximum absolute atomic E-state index is 14.5. The van der Waals surface area contributed by atoms with E-state index in [1.807, 2.05) is 47.6 Å². The van der Waals surface area contributed by atoms with Crippen LogP contribution in [0.15, 0.2) is 18.2 Å². The van der Waals surface area contributed by atoms with E-state index in [1.165, 1.54) is 6.07 Å². The smallest absolute Gasteiger partial charge is 0.410 e. The third-order valence-electron chi connectivity index (χ3n) is 5.18. The van der Waals surface area contributed by atoms with Crippen LogP contribution in [0.2, 0.25) is 0 Å². The topological polar surface area (TPSA) is 73.9 Å². The third kappa shape index (κ3) is 4.64. The number of piperidine rings is 1. The van der Waals surface area contributed by atoms with Crippen LogP contribution in [-0.2, 0) is 16.1 Å². The normalized spacial score (nSPS) is 22.2. The molecular weight excluding hydrogens is 395 g/mol. The summed E-state index contributed by atoms with van der Waals surface area (Å²) >= 11 is -1.36. The number of carbonyl (C=O) groups is 1. The van der Waals surface area contributed by atoms with E-state index >= 15 is 0 Å². The second-order valence-electron chi connectivity index (χ2n) is 9.72. The van der Waals surface area contributed by atoms with Gasteiger partial charge in [0.25, 0.3) is 0 Å². The first-order valence-corrected chi connectivity index (χ1v) is 11.1. The lowest BCUT2D eigenvalue weighted by atomic mass is 9.83. The highest BCUT2D eigenvalue weighted by Crippen LogP contribution is 2.50. The maximum Gasteiger partial charge on any atom is 0.410 e. The van der Waals surface area contributed by atoms with Crippen molar-refractivity contribution in [3.8, 4) is 5.75 Å². The fourth-order valence-electron chi connectivity index (χ4n) is 3.65. The highest BCUT2D eigenvalue weighted by atomic mass is 32.2. The van der Waals surface area contributed by atoms with Crippen LogP contribution < -0.4 is 9.46 Å². The predicted molar refractivity (Wildman–Crippen MR) is 111 cm³/mol. The summed E-state index contributed by atoms with van der Waals surface area (Å²) in [4.78, 5) is 14.1. The SMILES string of the molecule is CC(C)(C)OC(=O)N1CCC2(CC1)Oc1c(F)cccc1[C@H]2N[S+]([O-])C(C)(C)C. The number of halogens is 1. The number of nitrogens with zero attached hydrogens (tertiary/aromatic N) is 1. The highest BCUT2D eigenvalue weighted by molar-refractivity contribution is 7.90. The van der Waals surface area contributed by atoms with Gasteiger partial charge in [0.2, 0.25) is 0 Å². The summed E-state index contributed by atoms with van der Waals surface area (Å²) in [5.41, 5.74) is -0.652. The molecule has 2 aliphatic heterocycles. The highest BCUT2D eigenvalue weighted by Gasteiger charge is 2.54. The van der Waals surface area contributed by atoms with E-state index in [9.17, 15) is 13.7 Å². The van der Waals surface area contributed by atoms with Crippen LogP contribution in [0.3, 0.4) is 0 Å². The molecular formula is C21H31FN2O4S. The summed E-state index contributed by atoms with van der Waals surface area (Å²) in [6, 6.07) is 4.39. The molecule has 1 saturated heterocycles. The number of fused-ring (bicyclic) bond motifs is 1. The Hall–Kier alpha value is -1.51. The van der Waals surface area contributed by atoms with Crippen molar-refractivity contribution in [1.82, 2.24) is 9.62 Å². The summed E-state index contributed by atoms with van der Waals surface area (Å²) in [5, 5.41) is 0. The summed E-state index contributed by atoms with van der Waals surface area (Å²) in [5.74, 6) is -0.219. The van der Waals surface area contributed by atoms with Crippen molar-refractivity contribution in [2.24, 2.45) is 0 Å². The lowest BCUT2D eigenvalue weighted by Crippen LogP contribution is -2.56. The molecule has 1 spiro atoms. The molecule has 1 N–H and O–H groups in total. The molecule has 1 aromatic carbocycles. The summed E-state index contributed by atoms with van der Waals surface area (Å²) in [6.07, 6.45) is 0.607. The molecule has 1 aromatic rings. The molecule has 3 rings (SSSR count). The molecule has 1 amide bonds. The number of ether oxygens (including phenoxy) is 2. The van der Waals surface area contributed by atoms with Gasteiger partial charge in [-0.25, -0.2) is 9.18 Å². The summed E-state index contributed by atoms with van der Waals surface area (Å²) in [6.45, 7) is 12.0. The van der Waals surface area contributed by atoms with Crippen LogP contribution in [-0.4, -0.2) is 44.6 Å². The number of hydrogen-bond donors (Lipinski definition) is 1. The molecule has 0 aromatic heterocycles. The van der Waals surface area contributed by atoms with Gasteiger partial charge >= 0.3 is 6.09 Å². The third-order valence-corrected chi connectivity index (χ3v) is 6.74. The van der Waals surface area contributed by atoms with Crippen molar-refractivity contribution in [3.05, 3.63) is 29.6 Å². The van der Waals surface area contributed by atoms with Gasteiger partial charge in [-0.3, -0.25) is 0 Å². The minimum Gasteiger partial charge on any atom is -0.598 e. The van der Waals surface area contributed by atoms with Crippen LogP contribution in [0.5, 0.6) is 5.75 Å². The molecule has 2 aliphatic rings. The van der Waals surface area contributed by atoms with E-state index in [4.69, 9.17) is 9.47 Å². The van der Waals surface area contributed by atoms with Crippen LogP contribution in [0, 0.1) is 5.82 Å². The molecule has 1 fully saturated rings. The van der Waals surface area contributed by atoms with E-state index in [0.717, 1.165) is 0 Å². The van der Waals surface area contributed by atoms with Gasteiger partial charge in [0.15, 0.2) is 11.6 Å². The molecule has 2 heterocycles. The molecule has 0 bridgehead atoms. The molecule has 8 heteroatoms. The summed E-state index contributed by atoms with van der Waals surface area (Å²) in [7, 11) is 0. The molecule has 0 saturated carbocycles. The molecule has 0 aliphatic carbocycles. The van der Waals surface area contributed by atoms with E-state index in [2.05, 4.69) is 4.72 Å². The Morgan fingerprint density at radius 1 is 1.28 bits per heavy atom. The zero-order valence-electron chi connectivity index (χ0n) is 18.0. The number of carbonyl (C=O) groups excluding carboxylic acids is 1. The van der Waals surface area contributed by atoms with Crippen molar-refractivity contribution in [1.29, 1.82) is 0 Å². The summed E-state index contributed by atoms with van der Waals surface area (Å²) < 4.78 is 41.6. The zero-order chi connectivity index (χ0) is 21.6. The van der Waals surface area contributed by atoms with Gasteiger partial charge in [-0.2, -0.15) is 0 Å². The lowest BCUT2D eigenvalue weighted by Gasteiger charge is -2.42. The van der Waals surface area contributed by atoms with Gasteiger partial charge in [-0.05, 0) is 47.6 Å². The Morgan fingerprint density at radius 3 is 2.45 bits per heavy atom. The molecule has 1 unspecified atom stereocenters. The number of rotatable bonds is 2. The monoisotopic (exact) mass is 426 g/mol. The fraction of sp³-hybridized carbons (Fsp3) is 0.667. The van der Waals surface area contributed by atoms with Gasteiger partial charge in [-0.1, -0.05) is 12.1 Å². The number of hydrogen-bond acceptors (Lipinski definition) is 5. The Balaban J connectivity index is 1.82. The number of para-hydroxylation sites is 1. The Morgan fingerprint density at radius 2 is 1.90 bits per heavy atom. The van der Waals surface area contributed by atoms with Crippen molar-refractivity contribution in [3.63, 3.8) is 0 Å². The van der Waals surface area contributed by atoms with Crippen LogP contribution in [0.25, 0.3) is 0 Å². The van der Waals surface area contributed by atoms with E-state index in [1.54, 1.807) is 11.0 Å².